The molecule has 0 aliphatic rings. The number of benzene rings is 1. The quantitative estimate of drug-likeness (QED) is 0.345. The molecule has 33 heavy (non-hydrogen) atoms. The van der Waals surface area contributed by atoms with E-state index in [9.17, 15) is 13.2 Å². The fourth-order valence-electron chi connectivity index (χ4n) is 2.78. The molecule has 2 N–H and O–H groups in total. The van der Waals surface area contributed by atoms with E-state index in [4.69, 9.17) is 4.42 Å². The highest BCUT2D eigenvalue weighted by Crippen LogP contribution is 2.26. The Labute approximate surface area is 197 Å². The number of carbonyl (C=O) groups excluding carboxylic acids is 1. The maximum absolute atomic E-state index is 12.6. The molecule has 1 amide bonds. The molecule has 0 radical (unpaired) electrons. The van der Waals surface area contributed by atoms with Crippen LogP contribution in [0.4, 0.5) is 11.5 Å². The van der Waals surface area contributed by atoms with Crippen molar-refractivity contribution in [3.05, 3.63) is 59.4 Å². The van der Waals surface area contributed by atoms with Crippen LogP contribution in [-0.2, 0) is 14.8 Å². The number of sulfonamides is 1. The SMILES string of the molecule is Cc1cc(NS(=O)(=O)c2ccc(NC(=O)CSc3nnc(-c4cccs4)o3)cc2)nc(C)n1. The van der Waals surface area contributed by atoms with Gasteiger partial charge >= 0.3 is 0 Å². The maximum atomic E-state index is 12.6. The second kappa shape index (κ2) is 9.68. The number of aryl methyl sites for hydroxylation is 2. The zero-order valence-corrected chi connectivity index (χ0v) is 19.9. The number of thiophene rings is 1. The van der Waals surface area contributed by atoms with Gasteiger partial charge in [0.25, 0.3) is 21.1 Å². The predicted octanol–water partition coefficient (Wildman–Crippen LogP) is 3.74. The molecule has 4 aromatic rings. The first-order valence-electron chi connectivity index (χ1n) is 9.54. The molecule has 0 saturated heterocycles. The van der Waals surface area contributed by atoms with E-state index in [2.05, 4.69) is 30.2 Å². The summed E-state index contributed by atoms with van der Waals surface area (Å²) in [5.74, 6) is 0.826. The molecule has 10 nitrogen and oxygen atoms in total. The van der Waals surface area contributed by atoms with Crippen LogP contribution in [0.15, 0.2) is 62.4 Å². The van der Waals surface area contributed by atoms with Crippen LogP contribution >= 0.6 is 23.1 Å². The minimum atomic E-state index is -3.84. The number of nitrogens with zero attached hydrogens (tertiary/aromatic N) is 4. The summed E-state index contributed by atoms with van der Waals surface area (Å²) in [5, 5.41) is 12.8. The highest BCUT2D eigenvalue weighted by atomic mass is 32.2. The first kappa shape index (κ1) is 22.9. The van der Waals surface area contributed by atoms with Gasteiger partial charge in [-0.05, 0) is 49.6 Å². The van der Waals surface area contributed by atoms with Gasteiger partial charge < -0.3 is 9.73 Å². The van der Waals surface area contributed by atoms with Crippen LogP contribution < -0.4 is 10.0 Å². The number of rotatable bonds is 8. The molecule has 3 aromatic heterocycles. The second-order valence-electron chi connectivity index (χ2n) is 6.76. The van der Waals surface area contributed by atoms with Gasteiger partial charge in [-0.2, -0.15) is 0 Å². The van der Waals surface area contributed by atoms with E-state index in [1.807, 2.05) is 17.5 Å². The van der Waals surface area contributed by atoms with E-state index in [-0.39, 0.29) is 27.6 Å². The molecule has 0 aliphatic carbocycles. The molecule has 4 rings (SSSR count). The van der Waals surface area contributed by atoms with Crippen LogP contribution in [0.25, 0.3) is 10.8 Å². The third-order valence-electron chi connectivity index (χ3n) is 4.12. The van der Waals surface area contributed by atoms with E-state index in [1.165, 1.54) is 35.6 Å². The number of carbonyl (C=O) groups is 1. The van der Waals surface area contributed by atoms with Crippen LogP contribution in [-0.4, -0.2) is 40.2 Å². The van der Waals surface area contributed by atoms with Crippen molar-refractivity contribution in [1.29, 1.82) is 0 Å². The Balaban J connectivity index is 1.33. The molecule has 0 saturated carbocycles. The Morgan fingerprint density at radius 3 is 2.61 bits per heavy atom. The van der Waals surface area contributed by atoms with Gasteiger partial charge in [0.2, 0.25) is 5.91 Å². The molecule has 0 unspecified atom stereocenters. The number of anilines is 2. The number of nitrogens with one attached hydrogen (secondary N) is 2. The standard InChI is InChI=1S/C20H18N6O4S3/c1-12-10-17(22-13(2)21-12)26-33(28,29)15-7-5-14(6-8-15)23-18(27)11-32-20-25-24-19(30-20)16-4-3-9-31-16/h3-10H,11H2,1-2H3,(H,23,27)(H,21,22,26). The van der Waals surface area contributed by atoms with Gasteiger partial charge in [0.05, 0.1) is 15.5 Å². The first-order valence-corrected chi connectivity index (χ1v) is 12.9. The van der Waals surface area contributed by atoms with Crippen LogP contribution in [0.5, 0.6) is 0 Å². The molecular weight excluding hydrogens is 484 g/mol. The van der Waals surface area contributed by atoms with Crippen molar-refractivity contribution >= 4 is 50.5 Å². The van der Waals surface area contributed by atoms with Crippen LogP contribution in [0.1, 0.15) is 11.5 Å². The first-order chi connectivity index (χ1) is 15.8. The highest BCUT2D eigenvalue weighted by molar-refractivity contribution is 7.99. The van der Waals surface area contributed by atoms with E-state index in [1.54, 1.807) is 19.9 Å². The molecule has 0 spiro atoms. The summed E-state index contributed by atoms with van der Waals surface area (Å²) in [5.41, 5.74) is 1.11. The average Bonchev–Trinajstić information content (AvgIpc) is 3.43. The molecule has 0 aliphatic heterocycles. The fourth-order valence-corrected chi connectivity index (χ4v) is 4.98. The van der Waals surface area contributed by atoms with Crippen molar-refractivity contribution in [3.8, 4) is 10.8 Å². The summed E-state index contributed by atoms with van der Waals surface area (Å²) in [6, 6.07) is 11.1. The molecule has 170 valence electrons. The van der Waals surface area contributed by atoms with Crippen molar-refractivity contribution < 1.29 is 17.6 Å². The zero-order chi connectivity index (χ0) is 23.4. The summed E-state index contributed by atoms with van der Waals surface area (Å²) in [6.07, 6.45) is 0. The van der Waals surface area contributed by atoms with Crippen molar-refractivity contribution in [2.45, 2.75) is 24.0 Å². The third kappa shape index (κ3) is 5.94. The van der Waals surface area contributed by atoms with E-state index >= 15 is 0 Å². The minimum absolute atomic E-state index is 0.0377. The largest absolute Gasteiger partial charge is 0.410 e. The van der Waals surface area contributed by atoms with Crippen molar-refractivity contribution in [3.63, 3.8) is 0 Å². The molecular formula is C20H18N6O4S3. The van der Waals surface area contributed by atoms with Crippen LogP contribution in [0.3, 0.4) is 0 Å². The maximum Gasteiger partial charge on any atom is 0.277 e. The predicted molar refractivity (Wildman–Crippen MR) is 126 cm³/mol. The van der Waals surface area contributed by atoms with Gasteiger partial charge in [-0.15, -0.1) is 21.5 Å². The van der Waals surface area contributed by atoms with E-state index in [0.717, 1.165) is 16.6 Å². The highest BCUT2D eigenvalue weighted by Gasteiger charge is 2.16. The molecule has 0 bridgehead atoms. The third-order valence-corrected chi connectivity index (χ3v) is 7.17. The molecule has 1 aromatic carbocycles. The van der Waals surface area contributed by atoms with Crippen molar-refractivity contribution in [2.75, 3.05) is 15.8 Å². The van der Waals surface area contributed by atoms with Gasteiger partial charge in [-0.1, -0.05) is 17.8 Å². The number of aromatic nitrogens is 4. The van der Waals surface area contributed by atoms with Gasteiger partial charge in [-0.3, -0.25) is 9.52 Å². The Hall–Kier alpha value is -3.29. The lowest BCUT2D eigenvalue weighted by Crippen LogP contribution is -2.16. The fraction of sp³-hybridized carbons (Fsp3) is 0.150. The zero-order valence-electron chi connectivity index (χ0n) is 17.5. The summed E-state index contributed by atoms with van der Waals surface area (Å²) in [4.78, 5) is 21.3. The van der Waals surface area contributed by atoms with Gasteiger partial charge in [0.1, 0.15) is 11.6 Å². The molecule has 0 fully saturated rings. The molecule has 3 heterocycles. The van der Waals surface area contributed by atoms with E-state index in [0.29, 0.717) is 23.1 Å². The molecule has 0 atom stereocenters. The Bertz CT molecular complexity index is 1350. The Morgan fingerprint density at radius 1 is 1.12 bits per heavy atom. The topological polar surface area (TPSA) is 140 Å². The van der Waals surface area contributed by atoms with Crippen LogP contribution in [0.2, 0.25) is 0 Å². The summed E-state index contributed by atoms with van der Waals surface area (Å²) < 4.78 is 33.2. The molecule has 13 heteroatoms. The summed E-state index contributed by atoms with van der Waals surface area (Å²) in [6.45, 7) is 3.44. The van der Waals surface area contributed by atoms with Gasteiger partial charge in [-0.25, -0.2) is 18.4 Å². The van der Waals surface area contributed by atoms with Crippen LogP contribution in [0, 0.1) is 13.8 Å². The summed E-state index contributed by atoms with van der Waals surface area (Å²) >= 11 is 2.59. The lowest BCUT2D eigenvalue weighted by atomic mass is 10.3. The summed E-state index contributed by atoms with van der Waals surface area (Å²) in [7, 11) is -3.84. The lowest BCUT2D eigenvalue weighted by molar-refractivity contribution is -0.113. The van der Waals surface area contributed by atoms with Gasteiger partial charge in [0.15, 0.2) is 0 Å². The number of hydrogen-bond acceptors (Lipinski definition) is 10. The lowest BCUT2D eigenvalue weighted by Gasteiger charge is -2.09. The Morgan fingerprint density at radius 2 is 1.91 bits per heavy atom. The number of amides is 1. The Kier molecular flexibility index (Phi) is 6.72. The monoisotopic (exact) mass is 502 g/mol. The minimum Gasteiger partial charge on any atom is -0.410 e. The van der Waals surface area contributed by atoms with Crippen molar-refractivity contribution in [2.24, 2.45) is 0 Å². The smallest absolute Gasteiger partial charge is 0.277 e. The second-order valence-corrected chi connectivity index (χ2v) is 10.3. The average molecular weight is 503 g/mol. The van der Waals surface area contributed by atoms with E-state index < -0.39 is 10.0 Å². The number of hydrogen-bond donors (Lipinski definition) is 2. The normalized spacial score (nSPS) is 11.3. The van der Waals surface area contributed by atoms with Gasteiger partial charge in [0, 0.05) is 17.4 Å². The number of thioether (sulfide) groups is 1. The van der Waals surface area contributed by atoms with Crippen molar-refractivity contribution in [1.82, 2.24) is 20.2 Å².